The molecule has 3 aromatic rings. The van der Waals surface area contributed by atoms with E-state index in [-0.39, 0.29) is 18.4 Å². The van der Waals surface area contributed by atoms with Crippen molar-refractivity contribution in [1.82, 2.24) is 20.6 Å². The molecule has 0 saturated carbocycles. The maximum Gasteiger partial charge on any atom is 0.269 e. The van der Waals surface area contributed by atoms with Gasteiger partial charge in [-0.3, -0.25) is 20.4 Å². The minimum Gasteiger partial charge on any atom is -0.362 e. The lowest BCUT2D eigenvalue weighted by Gasteiger charge is -2.30. The average molecular weight is 375 g/mol. The number of anilines is 1. The van der Waals surface area contributed by atoms with E-state index in [0.717, 1.165) is 30.8 Å². The Morgan fingerprint density at radius 2 is 1.82 bits per heavy atom. The van der Waals surface area contributed by atoms with Gasteiger partial charge in [0, 0.05) is 30.2 Å². The summed E-state index contributed by atoms with van der Waals surface area (Å²) >= 11 is 0. The summed E-state index contributed by atoms with van der Waals surface area (Å²) in [5.41, 5.74) is 8.64. The molecule has 2 amide bonds. The van der Waals surface area contributed by atoms with Crippen LogP contribution in [0.5, 0.6) is 0 Å². The third-order valence-corrected chi connectivity index (χ3v) is 4.75. The summed E-state index contributed by atoms with van der Waals surface area (Å²) < 4.78 is 1.71. The van der Waals surface area contributed by atoms with E-state index in [2.05, 4.69) is 22.0 Å². The van der Waals surface area contributed by atoms with Gasteiger partial charge >= 0.3 is 0 Å². The number of amides is 2. The molecular weight excluding hydrogens is 354 g/mol. The number of para-hydroxylation sites is 1. The smallest absolute Gasteiger partial charge is 0.269 e. The van der Waals surface area contributed by atoms with E-state index in [1.165, 1.54) is 5.56 Å². The van der Waals surface area contributed by atoms with Crippen molar-refractivity contribution in [3.63, 3.8) is 0 Å². The van der Waals surface area contributed by atoms with Crippen LogP contribution in [0.4, 0.5) is 5.69 Å². The van der Waals surface area contributed by atoms with E-state index in [9.17, 15) is 9.59 Å². The van der Waals surface area contributed by atoms with Crippen molar-refractivity contribution in [2.24, 2.45) is 0 Å². The fourth-order valence-electron chi connectivity index (χ4n) is 3.37. The van der Waals surface area contributed by atoms with Crippen LogP contribution in [0.1, 0.15) is 22.3 Å². The Balaban J connectivity index is 1.32. The topological polar surface area (TPSA) is 79.3 Å². The van der Waals surface area contributed by atoms with Crippen molar-refractivity contribution in [3.8, 4) is 5.69 Å². The first-order chi connectivity index (χ1) is 13.7. The number of rotatable bonds is 4. The van der Waals surface area contributed by atoms with Crippen LogP contribution in [0.3, 0.4) is 0 Å². The number of hydrogen-bond donors (Lipinski definition) is 2. The van der Waals surface area contributed by atoms with Gasteiger partial charge < -0.3 is 4.90 Å². The molecule has 0 bridgehead atoms. The Morgan fingerprint density at radius 1 is 1.00 bits per heavy atom. The van der Waals surface area contributed by atoms with E-state index in [1.807, 2.05) is 35.4 Å². The zero-order chi connectivity index (χ0) is 19.3. The lowest BCUT2D eigenvalue weighted by atomic mass is 10.0. The highest BCUT2D eigenvalue weighted by molar-refractivity contribution is 5.96. The molecule has 7 nitrogen and oxygen atoms in total. The second kappa shape index (κ2) is 7.96. The molecule has 0 aliphatic carbocycles. The van der Waals surface area contributed by atoms with E-state index in [1.54, 1.807) is 35.1 Å². The number of hydrogen-bond acceptors (Lipinski definition) is 4. The summed E-state index contributed by atoms with van der Waals surface area (Å²) in [5, 5.41) is 4.15. The lowest BCUT2D eigenvalue weighted by Crippen LogP contribution is -2.47. The summed E-state index contributed by atoms with van der Waals surface area (Å²) in [4.78, 5) is 26.6. The Bertz CT molecular complexity index is 967. The van der Waals surface area contributed by atoms with Gasteiger partial charge in [-0.25, -0.2) is 4.68 Å². The number of hydrazine groups is 1. The van der Waals surface area contributed by atoms with Gasteiger partial charge in [-0.2, -0.15) is 5.10 Å². The second-order valence-electron chi connectivity index (χ2n) is 6.65. The highest BCUT2D eigenvalue weighted by Crippen LogP contribution is 2.26. The van der Waals surface area contributed by atoms with Crippen molar-refractivity contribution in [1.29, 1.82) is 0 Å². The fourth-order valence-corrected chi connectivity index (χ4v) is 3.37. The van der Waals surface area contributed by atoms with Crippen LogP contribution >= 0.6 is 0 Å². The summed E-state index contributed by atoms with van der Waals surface area (Å²) in [7, 11) is 0. The molecule has 2 N–H and O–H groups in total. The van der Waals surface area contributed by atoms with Crippen LogP contribution in [0, 0.1) is 0 Å². The van der Waals surface area contributed by atoms with Crippen LogP contribution in [0.2, 0.25) is 0 Å². The number of nitrogens with zero attached hydrogens (tertiary/aromatic N) is 3. The summed E-state index contributed by atoms with van der Waals surface area (Å²) in [6, 6.07) is 16.9. The Kier molecular flexibility index (Phi) is 5.05. The van der Waals surface area contributed by atoms with Gasteiger partial charge in [0.15, 0.2) is 0 Å². The molecule has 0 atom stereocenters. The second-order valence-corrected chi connectivity index (χ2v) is 6.65. The number of aryl methyl sites for hydroxylation is 1. The van der Waals surface area contributed by atoms with Gasteiger partial charge in [0.25, 0.3) is 11.8 Å². The zero-order valence-corrected chi connectivity index (χ0v) is 15.3. The summed E-state index contributed by atoms with van der Waals surface area (Å²) in [6.07, 6.45) is 5.56. The van der Waals surface area contributed by atoms with E-state index >= 15 is 0 Å². The number of carbonyl (C=O) groups excluding carboxylic acids is 2. The van der Waals surface area contributed by atoms with Crippen LogP contribution in [0.25, 0.3) is 5.69 Å². The monoisotopic (exact) mass is 375 g/mol. The first-order valence-electron chi connectivity index (χ1n) is 9.23. The van der Waals surface area contributed by atoms with Crippen LogP contribution in [0.15, 0.2) is 67.0 Å². The SMILES string of the molecule is O=C(CN1CCCc2ccccc21)NNC(=O)c1ccc(-n2cccn2)cc1. The lowest BCUT2D eigenvalue weighted by molar-refractivity contribution is -0.120. The normalized spacial score (nSPS) is 12.9. The Hall–Kier alpha value is -3.61. The highest BCUT2D eigenvalue weighted by Gasteiger charge is 2.18. The predicted molar refractivity (Wildman–Crippen MR) is 106 cm³/mol. The van der Waals surface area contributed by atoms with Crippen molar-refractivity contribution >= 4 is 17.5 Å². The summed E-state index contributed by atoms with van der Waals surface area (Å²) in [5.74, 6) is -0.613. The predicted octanol–water partition coefficient (Wildman–Crippen LogP) is 2.09. The van der Waals surface area contributed by atoms with E-state index in [0.29, 0.717) is 5.56 Å². The molecule has 1 aromatic heterocycles. The van der Waals surface area contributed by atoms with Crippen LogP contribution in [-0.4, -0.2) is 34.7 Å². The molecule has 0 fully saturated rings. The first-order valence-corrected chi connectivity index (χ1v) is 9.23. The molecule has 4 rings (SSSR count). The molecule has 1 aliphatic heterocycles. The van der Waals surface area contributed by atoms with Crippen molar-refractivity contribution in [2.45, 2.75) is 12.8 Å². The van der Waals surface area contributed by atoms with Crippen molar-refractivity contribution in [2.75, 3.05) is 18.0 Å². The van der Waals surface area contributed by atoms with Crippen molar-refractivity contribution in [3.05, 3.63) is 78.1 Å². The molecule has 1 aliphatic rings. The van der Waals surface area contributed by atoms with Gasteiger partial charge in [-0.1, -0.05) is 18.2 Å². The standard InChI is InChI=1S/C21H21N5O2/c27-20(15-25-13-3-6-16-5-1-2-7-19(16)25)23-24-21(28)17-8-10-18(11-9-17)26-14-4-12-22-26/h1-2,4-5,7-12,14H,3,6,13,15H2,(H,23,27)(H,24,28). The highest BCUT2D eigenvalue weighted by atomic mass is 16.2. The van der Waals surface area contributed by atoms with E-state index < -0.39 is 0 Å². The third-order valence-electron chi connectivity index (χ3n) is 4.75. The minimum absolute atomic E-state index is 0.204. The molecule has 28 heavy (non-hydrogen) atoms. The molecule has 0 spiro atoms. The molecule has 0 radical (unpaired) electrons. The van der Waals surface area contributed by atoms with Gasteiger partial charge in [-0.05, 0) is 54.8 Å². The Labute approximate surface area is 162 Å². The number of aromatic nitrogens is 2. The van der Waals surface area contributed by atoms with Gasteiger partial charge in [0.1, 0.15) is 0 Å². The number of nitrogens with one attached hydrogen (secondary N) is 2. The van der Waals surface area contributed by atoms with E-state index in [4.69, 9.17) is 0 Å². The first kappa shape index (κ1) is 17.8. The van der Waals surface area contributed by atoms with Gasteiger partial charge in [0.2, 0.25) is 0 Å². The zero-order valence-electron chi connectivity index (χ0n) is 15.3. The van der Waals surface area contributed by atoms with Crippen molar-refractivity contribution < 1.29 is 9.59 Å². The number of carbonyl (C=O) groups is 2. The third kappa shape index (κ3) is 3.88. The molecular formula is C21H21N5O2. The molecule has 0 saturated heterocycles. The molecule has 7 heteroatoms. The largest absolute Gasteiger partial charge is 0.362 e. The number of benzene rings is 2. The molecule has 2 aromatic carbocycles. The molecule has 142 valence electrons. The average Bonchev–Trinajstić information content (AvgIpc) is 3.27. The quantitative estimate of drug-likeness (QED) is 0.685. The van der Waals surface area contributed by atoms with Crippen LogP contribution < -0.4 is 15.8 Å². The maximum atomic E-state index is 12.3. The molecule has 2 heterocycles. The maximum absolute atomic E-state index is 12.3. The Morgan fingerprint density at radius 3 is 2.61 bits per heavy atom. The van der Waals surface area contributed by atoms with Gasteiger partial charge in [-0.15, -0.1) is 0 Å². The molecule has 0 unspecified atom stereocenters. The van der Waals surface area contributed by atoms with Crippen LogP contribution in [-0.2, 0) is 11.2 Å². The fraction of sp³-hybridized carbons (Fsp3) is 0.190. The number of fused-ring (bicyclic) bond motifs is 1. The van der Waals surface area contributed by atoms with Gasteiger partial charge in [0.05, 0.1) is 12.2 Å². The minimum atomic E-state index is -0.362. The summed E-state index contributed by atoms with van der Waals surface area (Å²) in [6.45, 7) is 1.03.